The molecule has 2 rings (SSSR count). The minimum absolute atomic E-state index is 0.0378. The molecule has 0 aromatic heterocycles. The molecule has 0 bridgehead atoms. The average Bonchev–Trinajstić information content (AvgIpc) is 2.52. The van der Waals surface area contributed by atoms with Crippen molar-refractivity contribution in [2.24, 2.45) is 0 Å². The summed E-state index contributed by atoms with van der Waals surface area (Å²) in [4.78, 5) is 10.8. The number of benzene rings is 1. The van der Waals surface area contributed by atoms with Gasteiger partial charge in [-0.05, 0) is 30.5 Å². The van der Waals surface area contributed by atoms with E-state index in [-0.39, 0.29) is 19.5 Å². The van der Waals surface area contributed by atoms with Gasteiger partial charge in [-0.1, -0.05) is 18.6 Å². The van der Waals surface area contributed by atoms with Crippen molar-refractivity contribution in [1.29, 1.82) is 0 Å². The van der Waals surface area contributed by atoms with Crippen molar-refractivity contribution in [3.05, 3.63) is 35.6 Å². The molecule has 8 heteroatoms. The molecule has 0 spiro atoms. The summed E-state index contributed by atoms with van der Waals surface area (Å²) in [6, 6.07) is 5.68. The smallest absolute Gasteiger partial charge is 0.304 e. The highest BCUT2D eigenvalue weighted by Crippen LogP contribution is 2.19. The SMILES string of the molecule is O=C(O)CCN(Cc1cccc(F)c1)S(=O)(=O)N1CCCCC1. The van der Waals surface area contributed by atoms with E-state index in [0.717, 1.165) is 23.6 Å². The largest absolute Gasteiger partial charge is 0.481 e. The van der Waals surface area contributed by atoms with Crippen molar-refractivity contribution >= 4 is 16.2 Å². The van der Waals surface area contributed by atoms with Crippen LogP contribution >= 0.6 is 0 Å². The normalized spacial score (nSPS) is 16.6. The standard InChI is InChI=1S/C15H21FN2O4S/c16-14-6-4-5-13(11-14)12-18(10-7-15(19)20)23(21,22)17-8-2-1-3-9-17/h4-6,11H,1-3,7-10,12H2,(H,19,20). The highest BCUT2D eigenvalue weighted by Gasteiger charge is 2.31. The highest BCUT2D eigenvalue weighted by molar-refractivity contribution is 7.86. The summed E-state index contributed by atoms with van der Waals surface area (Å²) in [6.45, 7) is 0.707. The number of carboxylic acids is 1. The highest BCUT2D eigenvalue weighted by atomic mass is 32.2. The lowest BCUT2D eigenvalue weighted by atomic mass is 10.2. The van der Waals surface area contributed by atoms with Crippen LogP contribution in [0.25, 0.3) is 0 Å². The predicted molar refractivity (Wildman–Crippen MR) is 83.4 cm³/mol. The fourth-order valence-corrected chi connectivity index (χ4v) is 4.27. The van der Waals surface area contributed by atoms with Crippen molar-refractivity contribution in [3.8, 4) is 0 Å². The summed E-state index contributed by atoms with van der Waals surface area (Å²) in [5.74, 6) is -1.51. The van der Waals surface area contributed by atoms with Gasteiger partial charge in [-0.3, -0.25) is 4.79 Å². The monoisotopic (exact) mass is 344 g/mol. The summed E-state index contributed by atoms with van der Waals surface area (Å²) in [7, 11) is -3.75. The van der Waals surface area contributed by atoms with E-state index in [1.54, 1.807) is 6.07 Å². The topological polar surface area (TPSA) is 77.9 Å². The van der Waals surface area contributed by atoms with E-state index in [0.29, 0.717) is 18.7 Å². The quantitative estimate of drug-likeness (QED) is 0.819. The van der Waals surface area contributed by atoms with Gasteiger partial charge in [-0.15, -0.1) is 0 Å². The zero-order chi connectivity index (χ0) is 16.9. The number of piperidine rings is 1. The number of hydrogen-bond donors (Lipinski definition) is 1. The summed E-state index contributed by atoms with van der Waals surface area (Å²) in [6.07, 6.45) is 2.30. The molecule has 1 aromatic carbocycles. The molecule has 1 heterocycles. The second kappa shape index (κ2) is 7.85. The van der Waals surface area contributed by atoms with Crippen LogP contribution in [0.5, 0.6) is 0 Å². The maximum Gasteiger partial charge on any atom is 0.304 e. The first-order valence-corrected chi connectivity index (χ1v) is 9.01. The molecule has 0 saturated carbocycles. The van der Waals surface area contributed by atoms with Crippen LogP contribution < -0.4 is 0 Å². The van der Waals surface area contributed by atoms with E-state index < -0.39 is 22.0 Å². The Morgan fingerprint density at radius 3 is 2.57 bits per heavy atom. The summed E-state index contributed by atoms with van der Waals surface area (Å²) < 4.78 is 41.3. The molecule has 1 aromatic rings. The molecule has 1 aliphatic heterocycles. The first kappa shape index (κ1) is 17.8. The number of nitrogens with zero attached hydrogens (tertiary/aromatic N) is 2. The fourth-order valence-electron chi connectivity index (χ4n) is 2.59. The van der Waals surface area contributed by atoms with Crippen LogP contribution in [-0.4, -0.2) is 47.7 Å². The third-order valence-electron chi connectivity index (χ3n) is 3.79. The van der Waals surface area contributed by atoms with Crippen molar-refractivity contribution in [1.82, 2.24) is 8.61 Å². The Morgan fingerprint density at radius 2 is 1.96 bits per heavy atom. The Bertz CT molecular complexity index is 645. The number of hydrogen-bond acceptors (Lipinski definition) is 3. The lowest BCUT2D eigenvalue weighted by molar-refractivity contribution is -0.137. The van der Waals surface area contributed by atoms with Crippen LogP contribution in [0.15, 0.2) is 24.3 Å². The summed E-state index contributed by atoms with van der Waals surface area (Å²) >= 11 is 0. The molecule has 1 N–H and O–H groups in total. The van der Waals surface area contributed by atoms with Gasteiger partial charge < -0.3 is 5.11 Å². The summed E-state index contributed by atoms with van der Waals surface area (Å²) in [5, 5.41) is 8.85. The Balaban J connectivity index is 2.19. The molecular formula is C15H21FN2O4S. The molecule has 1 aliphatic rings. The van der Waals surface area contributed by atoms with Gasteiger partial charge in [0.15, 0.2) is 0 Å². The Labute approximate surface area is 135 Å². The molecule has 0 unspecified atom stereocenters. The van der Waals surface area contributed by atoms with Gasteiger partial charge >= 0.3 is 5.97 Å². The van der Waals surface area contributed by atoms with Crippen LogP contribution in [0.4, 0.5) is 4.39 Å². The van der Waals surface area contributed by atoms with Gasteiger partial charge in [0, 0.05) is 26.2 Å². The molecule has 6 nitrogen and oxygen atoms in total. The first-order chi connectivity index (χ1) is 10.9. The second-order valence-corrected chi connectivity index (χ2v) is 7.50. The van der Waals surface area contributed by atoms with Gasteiger partial charge in [0.2, 0.25) is 0 Å². The van der Waals surface area contributed by atoms with Crippen molar-refractivity contribution < 1.29 is 22.7 Å². The molecule has 0 aliphatic carbocycles. The lowest BCUT2D eigenvalue weighted by Gasteiger charge is -2.32. The van der Waals surface area contributed by atoms with Crippen LogP contribution in [0.3, 0.4) is 0 Å². The number of carbonyl (C=O) groups is 1. The van der Waals surface area contributed by atoms with E-state index in [1.165, 1.54) is 22.5 Å². The Morgan fingerprint density at radius 1 is 1.26 bits per heavy atom. The van der Waals surface area contributed by atoms with Gasteiger partial charge in [0.05, 0.1) is 6.42 Å². The fraction of sp³-hybridized carbons (Fsp3) is 0.533. The van der Waals surface area contributed by atoms with Crippen LogP contribution in [0.1, 0.15) is 31.2 Å². The molecule has 128 valence electrons. The minimum atomic E-state index is -3.75. The molecule has 1 saturated heterocycles. The van der Waals surface area contributed by atoms with Crippen LogP contribution in [-0.2, 0) is 21.5 Å². The van der Waals surface area contributed by atoms with Crippen molar-refractivity contribution in [3.63, 3.8) is 0 Å². The number of carboxylic acid groups (broad SMARTS) is 1. The summed E-state index contributed by atoms with van der Waals surface area (Å²) in [5.41, 5.74) is 0.496. The van der Waals surface area contributed by atoms with Gasteiger partial charge in [0.1, 0.15) is 5.82 Å². The van der Waals surface area contributed by atoms with Crippen molar-refractivity contribution in [2.75, 3.05) is 19.6 Å². The molecule has 0 amide bonds. The maximum absolute atomic E-state index is 13.3. The number of rotatable bonds is 7. The van der Waals surface area contributed by atoms with E-state index in [4.69, 9.17) is 5.11 Å². The first-order valence-electron chi connectivity index (χ1n) is 7.61. The average molecular weight is 344 g/mol. The number of aliphatic carboxylic acids is 1. The Hall–Kier alpha value is -1.51. The zero-order valence-corrected chi connectivity index (χ0v) is 13.6. The van der Waals surface area contributed by atoms with Gasteiger partial charge in [0.25, 0.3) is 10.2 Å². The van der Waals surface area contributed by atoms with E-state index >= 15 is 0 Å². The second-order valence-electron chi connectivity index (χ2n) is 5.57. The minimum Gasteiger partial charge on any atom is -0.481 e. The predicted octanol–water partition coefficient (Wildman–Crippen LogP) is 1.83. The maximum atomic E-state index is 13.3. The molecule has 0 atom stereocenters. The molecule has 23 heavy (non-hydrogen) atoms. The van der Waals surface area contributed by atoms with Crippen LogP contribution in [0.2, 0.25) is 0 Å². The van der Waals surface area contributed by atoms with Crippen molar-refractivity contribution in [2.45, 2.75) is 32.2 Å². The van der Waals surface area contributed by atoms with Crippen LogP contribution in [0, 0.1) is 5.82 Å². The van der Waals surface area contributed by atoms with E-state index in [9.17, 15) is 17.6 Å². The zero-order valence-electron chi connectivity index (χ0n) is 12.8. The molecular weight excluding hydrogens is 323 g/mol. The third kappa shape index (κ3) is 4.98. The van der Waals surface area contributed by atoms with Gasteiger partial charge in [-0.2, -0.15) is 17.0 Å². The van der Waals surface area contributed by atoms with E-state index in [2.05, 4.69) is 0 Å². The molecule has 1 fully saturated rings. The Kier molecular flexibility index (Phi) is 6.09. The molecule has 0 radical (unpaired) electrons. The van der Waals surface area contributed by atoms with Gasteiger partial charge in [-0.25, -0.2) is 4.39 Å². The lowest BCUT2D eigenvalue weighted by Crippen LogP contribution is -2.46. The van der Waals surface area contributed by atoms with E-state index in [1.807, 2.05) is 0 Å². The number of halogens is 1. The third-order valence-corrected chi connectivity index (χ3v) is 5.77.